The van der Waals surface area contributed by atoms with Gasteiger partial charge >= 0.3 is 0 Å². The molecule has 1 aromatic heterocycles. The van der Waals surface area contributed by atoms with Crippen LogP contribution in [0.25, 0.3) is 0 Å². The molecular formula is C21H36N2O. The van der Waals surface area contributed by atoms with E-state index in [2.05, 4.69) is 23.8 Å². The fourth-order valence-electron chi connectivity index (χ4n) is 3.69. The Morgan fingerprint density at radius 2 is 1.58 bits per heavy atom. The second kappa shape index (κ2) is 11.6. The summed E-state index contributed by atoms with van der Waals surface area (Å²) in [6.07, 6.45) is 18.4. The van der Waals surface area contributed by atoms with Gasteiger partial charge in [-0.15, -0.1) is 0 Å². The van der Waals surface area contributed by atoms with E-state index in [-0.39, 0.29) is 0 Å². The number of ether oxygens (including phenoxy) is 1. The Hall–Kier alpha value is -0.960. The zero-order chi connectivity index (χ0) is 17.0. The average molecular weight is 333 g/mol. The molecule has 1 aromatic rings. The summed E-state index contributed by atoms with van der Waals surface area (Å²) >= 11 is 0. The Balaban J connectivity index is 1.68. The number of nitrogens with zero attached hydrogens (tertiary/aromatic N) is 2. The monoisotopic (exact) mass is 332 g/mol. The maximum atomic E-state index is 5.69. The second-order valence-electron chi connectivity index (χ2n) is 7.42. The molecule has 0 radical (unpaired) electrons. The summed E-state index contributed by atoms with van der Waals surface area (Å²) < 4.78 is 5.69. The molecule has 0 spiro atoms. The molecule has 1 aliphatic rings. The zero-order valence-corrected chi connectivity index (χ0v) is 15.8. The van der Waals surface area contributed by atoms with Crippen LogP contribution in [0.15, 0.2) is 12.4 Å². The molecule has 0 saturated heterocycles. The van der Waals surface area contributed by atoms with E-state index >= 15 is 0 Å². The maximum Gasteiger partial charge on any atom is 0.131 e. The van der Waals surface area contributed by atoms with E-state index < -0.39 is 0 Å². The first kappa shape index (κ1) is 19.4. The van der Waals surface area contributed by atoms with Gasteiger partial charge in [-0.05, 0) is 38.0 Å². The van der Waals surface area contributed by atoms with Gasteiger partial charge in [0.2, 0.25) is 0 Å². The van der Waals surface area contributed by atoms with Crippen LogP contribution in [-0.4, -0.2) is 16.6 Å². The summed E-state index contributed by atoms with van der Waals surface area (Å²) in [7, 11) is 0. The SMILES string of the molecule is CCCCCOCc1cnc(C2CCC(CCCCC)CC2)nc1. The van der Waals surface area contributed by atoms with E-state index in [1.54, 1.807) is 0 Å². The van der Waals surface area contributed by atoms with Crippen molar-refractivity contribution in [3.8, 4) is 0 Å². The van der Waals surface area contributed by atoms with Crippen molar-refractivity contribution in [1.82, 2.24) is 9.97 Å². The Morgan fingerprint density at radius 1 is 0.917 bits per heavy atom. The molecule has 0 bridgehead atoms. The molecule has 1 aliphatic carbocycles. The summed E-state index contributed by atoms with van der Waals surface area (Å²) in [6.45, 7) is 5.99. The van der Waals surface area contributed by atoms with Gasteiger partial charge in [0.15, 0.2) is 0 Å². The van der Waals surface area contributed by atoms with Crippen LogP contribution >= 0.6 is 0 Å². The lowest BCUT2D eigenvalue weighted by molar-refractivity contribution is 0.116. The van der Waals surface area contributed by atoms with Crippen molar-refractivity contribution in [2.24, 2.45) is 5.92 Å². The fourth-order valence-corrected chi connectivity index (χ4v) is 3.69. The first-order chi connectivity index (χ1) is 11.8. The number of hydrogen-bond acceptors (Lipinski definition) is 3. The third-order valence-electron chi connectivity index (χ3n) is 5.31. The zero-order valence-electron chi connectivity index (χ0n) is 15.8. The number of hydrogen-bond donors (Lipinski definition) is 0. The van der Waals surface area contributed by atoms with Crippen LogP contribution in [0.2, 0.25) is 0 Å². The van der Waals surface area contributed by atoms with Crippen LogP contribution in [0, 0.1) is 5.92 Å². The van der Waals surface area contributed by atoms with E-state index in [0.29, 0.717) is 12.5 Å². The summed E-state index contributed by atoms with van der Waals surface area (Å²) in [5.41, 5.74) is 1.10. The van der Waals surface area contributed by atoms with E-state index in [1.165, 1.54) is 64.2 Å². The minimum Gasteiger partial charge on any atom is -0.377 e. The highest BCUT2D eigenvalue weighted by Gasteiger charge is 2.23. The topological polar surface area (TPSA) is 35.0 Å². The lowest BCUT2D eigenvalue weighted by Crippen LogP contribution is -2.15. The fraction of sp³-hybridized carbons (Fsp3) is 0.810. The van der Waals surface area contributed by atoms with Crippen molar-refractivity contribution in [2.45, 2.75) is 97.0 Å². The van der Waals surface area contributed by atoms with E-state index in [9.17, 15) is 0 Å². The van der Waals surface area contributed by atoms with Crippen molar-refractivity contribution in [1.29, 1.82) is 0 Å². The Labute approximate surface area is 148 Å². The largest absolute Gasteiger partial charge is 0.377 e. The van der Waals surface area contributed by atoms with Gasteiger partial charge in [-0.25, -0.2) is 9.97 Å². The number of unbranched alkanes of at least 4 members (excludes halogenated alkanes) is 4. The van der Waals surface area contributed by atoms with Crippen molar-refractivity contribution >= 4 is 0 Å². The molecule has 0 unspecified atom stereocenters. The predicted octanol–water partition coefficient (Wildman–Crippen LogP) is 6.04. The number of aromatic nitrogens is 2. The summed E-state index contributed by atoms with van der Waals surface area (Å²) in [4.78, 5) is 9.25. The molecule has 1 heterocycles. The molecule has 1 saturated carbocycles. The molecular weight excluding hydrogens is 296 g/mol. The molecule has 0 amide bonds. The summed E-state index contributed by atoms with van der Waals surface area (Å²) in [6, 6.07) is 0. The highest BCUT2D eigenvalue weighted by Crippen LogP contribution is 2.36. The minimum atomic E-state index is 0.576. The average Bonchev–Trinajstić information content (AvgIpc) is 2.63. The van der Waals surface area contributed by atoms with Crippen molar-refractivity contribution in [2.75, 3.05) is 6.61 Å². The van der Waals surface area contributed by atoms with Crippen LogP contribution in [0.5, 0.6) is 0 Å². The summed E-state index contributed by atoms with van der Waals surface area (Å²) in [5, 5.41) is 0. The molecule has 0 atom stereocenters. The lowest BCUT2D eigenvalue weighted by atomic mass is 9.79. The quantitative estimate of drug-likeness (QED) is 0.463. The van der Waals surface area contributed by atoms with Gasteiger partial charge in [-0.1, -0.05) is 52.4 Å². The summed E-state index contributed by atoms with van der Waals surface area (Å²) in [5.74, 6) is 2.58. The highest BCUT2D eigenvalue weighted by molar-refractivity contribution is 5.07. The van der Waals surface area contributed by atoms with Crippen molar-refractivity contribution in [3.63, 3.8) is 0 Å². The Morgan fingerprint density at radius 3 is 2.25 bits per heavy atom. The molecule has 0 aromatic carbocycles. The standard InChI is InChI=1S/C21H36N2O/c1-3-5-7-9-18-10-12-20(13-11-18)21-22-15-19(16-23-21)17-24-14-8-6-4-2/h15-16,18,20H,3-14,17H2,1-2H3. The molecule has 3 heteroatoms. The molecule has 0 N–H and O–H groups in total. The maximum absolute atomic E-state index is 5.69. The second-order valence-corrected chi connectivity index (χ2v) is 7.42. The molecule has 3 nitrogen and oxygen atoms in total. The van der Waals surface area contributed by atoms with Crippen LogP contribution in [0.4, 0.5) is 0 Å². The van der Waals surface area contributed by atoms with Crippen molar-refractivity contribution < 1.29 is 4.74 Å². The van der Waals surface area contributed by atoms with E-state index in [4.69, 9.17) is 4.74 Å². The lowest BCUT2D eigenvalue weighted by Gasteiger charge is -2.27. The van der Waals surface area contributed by atoms with Gasteiger partial charge in [-0.3, -0.25) is 0 Å². The predicted molar refractivity (Wildman–Crippen MR) is 100 cm³/mol. The minimum absolute atomic E-state index is 0.576. The molecule has 2 rings (SSSR count). The van der Waals surface area contributed by atoms with Gasteiger partial charge in [0.1, 0.15) is 5.82 Å². The van der Waals surface area contributed by atoms with E-state index in [0.717, 1.165) is 30.3 Å². The van der Waals surface area contributed by atoms with Crippen LogP contribution in [-0.2, 0) is 11.3 Å². The normalized spacial score (nSPS) is 21.1. The van der Waals surface area contributed by atoms with Crippen LogP contribution in [0.3, 0.4) is 0 Å². The van der Waals surface area contributed by atoms with E-state index in [1.807, 2.05) is 12.4 Å². The van der Waals surface area contributed by atoms with Crippen LogP contribution in [0.1, 0.15) is 102 Å². The van der Waals surface area contributed by atoms with Crippen molar-refractivity contribution in [3.05, 3.63) is 23.8 Å². The highest BCUT2D eigenvalue weighted by atomic mass is 16.5. The third kappa shape index (κ3) is 6.88. The molecule has 136 valence electrons. The smallest absolute Gasteiger partial charge is 0.131 e. The Kier molecular flexibility index (Phi) is 9.34. The van der Waals surface area contributed by atoms with Gasteiger partial charge in [-0.2, -0.15) is 0 Å². The Bertz CT molecular complexity index is 424. The van der Waals surface area contributed by atoms with Gasteiger partial charge < -0.3 is 4.74 Å². The van der Waals surface area contributed by atoms with Gasteiger partial charge in [0, 0.05) is 30.5 Å². The molecule has 24 heavy (non-hydrogen) atoms. The first-order valence-corrected chi connectivity index (χ1v) is 10.2. The molecule has 1 fully saturated rings. The van der Waals surface area contributed by atoms with Crippen LogP contribution < -0.4 is 0 Å². The van der Waals surface area contributed by atoms with Gasteiger partial charge in [0.05, 0.1) is 6.61 Å². The molecule has 0 aliphatic heterocycles. The van der Waals surface area contributed by atoms with Gasteiger partial charge in [0.25, 0.3) is 0 Å². The number of rotatable bonds is 11. The first-order valence-electron chi connectivity index (χ1n) is 10.2. The third-order valence-corrected chi connectivity index (χ3v) is 5.31.